The van der Waals surface area contributed by atoms with Crippen LogP contribution < -0.4 is 4.74 Å². The van der Waals surface area contributed by atoms with Crippen molar-refractivity contribution in [3.8, 4) is 17.0 Å². The van der Waals surface area contributed by atoms with Gasteiger partial charge < -0.3 is 14.4 Å². The zero-order valence-corrected chi connectivity index (χ0v) is 18.6. The van der Waals surface area contributed by atoms with E-state index in [1.54, 1.807) is 7.11 Å². The number of nitrogens with zero attached hydrogens (tertiary/aromatic N) is 3. The van der Waals surface area contributed by atoms with Crippen LogP contribution in [-0.2, 0) is 9.53 Å². The second-order valence-corrected chi connectivity index (χ2v) is 8.57. The van der Waals surface area contributed by atoms with Crippen molar-refractivity contribution in [1.82, 2.24) is 14.8 Å². The van der Waals surface area contributed by atoms with Gasteiger partial charge in [0.25, 0.3) is 0 Å². The minimum atomic E-state index is -0.125. The summed E-state index contributed by atoms with van der Waals surface area (Å²) in [5.41, 5.74) is 2.86. The molecule has 0 bridgehead atoms. The number of ether oxygens (including phenoxy) is 2. The molecule has 1 aromatic heterocycles. The Bertz CT molecular complexity index is 865. The molecule has 2 aromatic rings. The van der Waals surface area contributed by atoms with Gasteiger partial charge >= 0.3 is 0 Å². The zero-order valence-electron chi connectivity index (χ0n) is 18.6. The zero-order chi connectivity index (χ0) is 21.6. The summed E-state index contributed by atoms with van der Waals surface area (Å²) >= 11 is 0. The van der Waals surface area contributed by atoms with Crippen molar-refractivity contribution in [1.29, 1.82) is 0 Å². The number of pyridine rings is 1. The van der Waals surface area contributed by atoms with Crippen LogP contribution in [0.5, 0.6) is 5.75 Å². The third kappa shape index (κ3) is 5.43. The fourth-order valence-corrected chi connectivity index (χ4v) is 4.55. The first-order valence-corrected chi connectivity index (χ1v) is 11.3. The number of amides is 1. The van der Waals surface area contributed by atoms with Crippen molar-refractivity contribution >= 4 is 5.91 Å². The molecule has 0 unspecified atom stereocenters. The Morgan fingerprint density at radius 1 is 1.16 bits per heavy atom. The van der Waals surface area contributed by atoms with Crippen LogP contribution in [-0.4, -0.2) is 67.1 Å². The van der Waals surface area contributed by atoms with Gasteiger partial charge in [-0.3, -0.25) is 14.7 Å². The number of likely N-dealkylation sites (N-methyl/N-ethyl adjacent to an activating group) is 1. The van der Waals surface area contributed by atoms with E-state index in [0.717, 1.165) is 42.1 Å². The van der Waals surface area contributed by atoms with Crippen molar-refractivity contribution in [3.63, 3.8) is 0 Å². The van der Waals surface area contributed by atoms with Crippen LogP contribution in [0.4, 0.5) is 0 Å². The molecule has 1 saturated carbocycles. The molecule has 31 heavy (non-hydrogen) atoms. The number of methoxy groups -OCH3 is 1. The maximum Gasteiger partial charge on any atom is 0.236 e. The third-order valence-electron chi connectivity index (χ3n) is 6.51. The van der Waals surface area contributed by atoms with Crippen molar-refractivity contribution in [2.75, 3.05) is 40.4 Å². The van der Waals surface area contributed by atoms with Crippen LogP contribution in [0.1, 0.15) is 43.9 Å². The molecule has 1 aliphatic carbocycles. The molecule has 6 heteroatoms. The van der Waals surface area contributed by atoms with Crippen LogP contribution in [0.25, 0.3) is 11.3 Å². The lowest BCUT2D eigenvalue weighted by molar-refractivity contribution is -0.135. The molecule has 166 valence electrons. The smallest absolute Gasteiger partial charge is 0.236 e. The Hall–Kier alpha value is -2.44. The summed E-state index contributed by atoms with van der Waals surface area (Å²) in [6.07, 6.45) is 5.91. The first-order valence-electron chi connectivity index (χ1n) is 11.3. The first-order chi connectivity index (χ1) is 15.1. The van der Waals surface area contributed by atoms with Gasteiger partial charge in [0.1, 0.15) is 11.9 Å². The molecule has 1 amide bonds. The van der Waals surface area contributed by atoms with Crippen molar-refractivity contribution in [2.45, 2.75) is 44.2 Å². The molecular weight excluding hydrogens is 390 g/mol. The van der Waals surface area contributed by atoms with Gasteiger partial charge in [-0.1, -0.05) is 25.3 Å². The Labute approximate surface area is 185 Å². The van der Waals surface area contributed by atoms with E-state index in [4.69, 9.17) is 14.5 Å². The van der Waals surface area contributed by atoms with E-state index in [1.807, 2.05) is 54.4 Å². The van der Waals surface area contributed by atoms with E-state index in [-0.39, 0.29) is 12.0 Å². The second kappa shape index (κ2) is 10.2. The lowest BCUT2D eigenvalue weighted by atomic mass is 9.94. The van der Waals surface area contributed by atoms with E-state index in [0.29, 0.717) is 25.7 Å². The quantitative estimate of drug-likeness (QED) is 0.705. The largest absolute Gasteiger partial charge is 0.497 e. The summed E-state index contributed by atoms with van der Waals surface area (Å²) in [7, 11) is 3.63. The monoisotopic (exact) mass is 423 g/mol. The predicted molar refractivity (Wildman–Crippen MR) is 121 cm³/mol. The molecule has 1 atom stereocenters. The van der Waals surface area contributed by atoms with E-state index in [1.165, 1.54) is 19.3 Å². The number of aromatic nitrogens is 1. The van der Waals surface area contributed by atoms with Crippen LogP contribution >= 0.6 is 0 Å². The van der Waals surface area contributed by atoms with Crippen molar-refractivity contribution in [2.24, 2.45) is 0 Å². The van der Waals surface area contributed by atoms with Gasteiger partial charge in [-0.05, 0) is 49.2 Å². The van der Waals surface area contributed by atoms with Gasteiger partial charge in [-0.25, -0.2) is 0 Å². The molecule has 0 N–H and O–H groups in total. The van der Waals surface area contributed by atoms with E-state index >= 15 is 0 Å². The van der Waals surface area contributed by atoms with Gasteiger partial charge in [-0.2, -0.15) is 0 Å². The third-order valence-corrected chi connectivity index (χ3v) is 6.51. The number of hydrogen-bond acceptors (Lipinski definition) is 5. The van der Waals surface area contributed by atoms with Crippen LogP contribution in [0.3, 0.4) is 0 Å². The summed E-state index contributed by atoms with van der Waals surface area (Å²) in [5, 5.41) is 0. The average molecular weight is 424 g/mol. The van der Waals surface area contributed by atoms with Crippen molar-refractivity contribution in [3.05, 3.63) is 48.2 Å². The maximum absolute atomic E-state index is 12.9. The molecule has 1 aromatic carbocycles. The minimum absolute atomic E-state index is 0.125. The Kier molecular flexibility index (Phi) is 7.20. The Morgan fingerprint density at radius 2 is 1.94 bits per heavy atom. The van der Waals surface area contributed by atoms with Gasteiger partial charge in [0.05, 0.1) is 31.6 Å². The highest BCUT2D eigenvalue weighted by molar-refractivity contribution is 5.78. The highest BCUT2D eigenvalue weighted by Gasteiger charge is 2.28. The van der Waals surface area contributed by atoms with Crippen LogP contribution in [0.15, 0.2) is 42.5 Å². The summed E-state index contributed by atoms with van der Waals surface area (Å²) in [4.78, 5) is 21.9. The molecule has 6 nitrogen and oxygen atoms in total. The fourth-order valence-electron chi connectivity index (χ4n) is 4.55. The normalized spacial score (nSPS) is 20.4. The highest BCUT2D eigenvalue weighted by atomic mass is 16.5. The number of hydrogen-bond donors (Lipinski definition) is 0. The molecule has 2 fully saturated rings. The van der Waals surface area contributed by atoms with E-state index in [2.05, 4.69) is 4.90 Å². The Balaban J connectivity index is 1.39. The minimum Gasteiger partial charge on any atom is -0.497 e. The SMILES string of the molecule is COc1ccc(-c2cccc([C@@H]3CN(CC(=O)N(C)C4CCCCC4)CCO3)n2)cc1. The highest BCUT2D eigenvalue weighted by Crippen LogP contribution is 2.26. The number of carbonyl (C=O) groups is 1. The molecule has 2 heterocycles. The van der Waals surface area contributed by atoms with Gasteiger partial charge in [0.15, 0.2) is 0 Å². The number of morpholine rings is 1. The summed E-state index contributed by atoms with van der Waals surface area (Å²) < 4.78 is 11.3. The van der Waals surface area contributed by atoms with E-state index < -0.39 is 0 Å². The van der Waals surface area contributed by atoms with Gasteiger partial charge in [0.2, 0.25) is 5.91 Å². The van der Waals surface area contributed by atoms with Crippen molar-refractivity contribution < 1.29 is 14.3 Å². The predicted octanol–water partition coefficient (Wildman–Crippen LogP) is 3.92. The lowest BCUT2D eigenvalue weighted by Crippen LogP contribution is -2.47. The maximum atomic E-state index is 12.9. The summed E-state index contributed by atoms with van der Waals surface area (Å²) in [5.74, 6) is 1.04. The molecular formula is C25H33N3O3. The summed E-state index contributed by atoms with van der Waals surface area (Å²) in [6.45, 7) is 2.52. The summed E-state index contributed by atoms with van der Waals surface area (Å²) in [6, 6.07) is 14.4. The first kappa shape index (κ1) is 21.8. The van der Waals surface area contributed by atoms with Crippen LogP contribution in [0.2, 0.25) is 0 Å². The molecule has 1 aliphatic heterocycles. The van der Waals surface area contributed by atoms with E-state index in [9.17, 15) is 4.79 Å². The fraction of sp³-hybridized carbons (Fsp3) is 0.520. The lowest BCUT2D eigenvalue weighted by Gasteiger charge is -2.36. The molecule has 0 spiro atoms. The molecule has 0 radical (unpaired) electrons. The molecule has 2 aliphatic rings. The standard InChI is InChI=1S/C25H33N3O3/c1-27(20-7-4-3-5-8-20)25(29)18-28-15-16-31-24(17-28)23-10-6-9-22(26-23)19-11-13-21(30-2)14-12-19/h6,9-14,20,24H,3-5,7-8,15-18H2,1-2H3/t24-/m0/s1. The van der Waals surface area contributed by atoms with Crippen LogP contribution in [0, 0.1) is 0 Å². The average Bonchev–Trinajstić information content (AvgIpc) is 2.84. The van der Waals surface area contributed by atoms with Gasteiger partial charge in [-0.15, -0.1) is 0 Å². The molecule has 4 rings (SSSR count). The van der Waals surface area contributed by atoms with Gasteiger partial charge in [0, 0.05) is 31.7 Å². The second-order valence-electron chi connectivity index (χ2n) is 8.57. The molecule has 1 saturated heterocycles. The Morgan fingerprint density at radius 3 is 2.68 bits per heavy atom. The topological polar surface area (TPSA) is 54.9 Å². The number of benzene rings is 1. The number of carbonyl (C=O) groups excluding carboxylic acids is 1. The number of rotatable bonds is 6.